The number of carboxylic acid groups (broad SMARTS) is 1. The fourth-order valence-electron chi connectivity index (χ4n) is 1.42. The van der Waals surface area contributed by atoms with Crippen molar-refractivity contribution >= 4 is 29.4 Å². The van der Waals surface area contributed by atoms with Crippen molar-refractivity contribution in [3.63, 3.8) is 0 Å². The van der Waals surface area contributed by atoms with Crippen LogP contribution in [0.5, 0.6) is 0 Å². The number of carboxylic acids is 1. The molecule has 5 nitrogen and oxygen atoms in total. The number of thiophene rings is 1. The van der Waals surface area contributed by atoms with Crippen LogP contribution in [-0.4, -0.2) is 35.1 Å². The van der Waals surface area contributed by atoms with Crippen LogP contribution in [-0.2, 0) is 11.3 Å². The van der Waals surface area contributed by atoms with Gasteiger partial charge >= 0.3 is 12.0 Å². The van der Waals surface area contributed by atoms with Crippen molar-refractivity contribution in [1.29, 1.82) is 0 Å². The van der Waals surface area contributed by atoms with Crippen LogP contribution in [0, 0.1) is 0 Å². The summed E-state index contributed by atoms with van der Waals surface area (Å²) >= 11 is 1.45. The molecule has 0 fully saturated rings. The van der Waals surface area contributed by atoms with Gasteiger partial charge < -0.3 is 15.3 Å². The predicted octanol–water partition coefficient (Wildman–Crippen LogP) is 2.40. The monoisotopic (exact) mass is 282 g/mol. The van der Waals surface area contributed by atoms with Gasteiger partial charge in [0.2, 0.25) is 0 Å². The van der Waals surface area contributed by atoms with Gasteiger partial charge in [0.1, 0.15) is 0 Å². The van der Waals surface area contributed by atoms with E-state index in [4.69, 9.17) is 5.11 Å². The van der Waals surface area contributed by atoms with Crippen molar-refractivity contribution in [1.82, 2.24) is 10.2 Å². The van der Waals surface area contributed by atoms with Gasteiger partial charge in [0.25, 0.3) is 0 Å². The highest BCUT2D eigenvalue weighted by Gasteiger charge is 2.10. The second-order valence-corrected chi connectivity index (χ2v) is 5.43. The summed E-state index contributed by atoms with van der Waals surface area (Å²) in [5.41, 5.74) is 0.983. The number of hydrogen-bond donors (Lipinski definition) is 2. The minimum absolute atomic E-state index is 0.103. The van der Waals surface area contributed by atoms with E-state index in [1.807, 2.05) is 25.3 Å². The third-order valence-electron chi connectivity index (χ3n) is 2.24. The van der Waals surface area contributed by atoms with Crippen LogP contribution < -0.4 is 5.32 Å². The van der Waals surface area contributed by atoms with Crippen molar-refractivity contribution in [2.75, 3.05) is 7.05 Å². The molecule has 0 aromatic carbocycles. The molecule has 1 rings (SSSR count). The van der Waals surface area contributed by atoms with Crippen LogP contribution in [0.25, 0.3) is 6.08 Å². The fourth-order valence-corrected chi connectivity index (χ4v) is 2.22. The summed E-state index contributed by atoms with van der Waals surface area (Å²) in [6.07, 6.45) is 2.65. The molecular formula is C13H18N2O3S. The first-order valence-corrected chi connectivity index (χ1v) is 6.76. The van der Waals surface area contributed by atoms with Crippen LogP contribution in [0.15, 0.2) is 17.5 Å². The smallest absolute Gasteiger partial charge is 0.328 e. The molecule has 0 saturated heterocycles. The molecule has 0 bridgehead atoms. The summed E-state index contributed by atoms with van der Waals surface area (Å²) in [7, 11) is 1.72. The van der Waals surface area contributed by atoms with Gasteiger partial charge in [-0.05, 0) is 36.9 Å². The van der Waals surface area contributed by atoms with E-state index in [9.17, 15) is 9.59 Å². The SMILES string of the molecule is CC(C)NC(=O)N(C)Cc1csc(/C=C/C(=O)O)c1. The van der Waals surface area contributed by atoms with Gasteiger partial charge in [-0.15, -0.1) is 11.3 Å². The van der Waals surface area contributed by atoms with Gasteiger partial charge in [0.05, 0.1) is 0 Å². The second-order valence-electron chi connectivity index (χ2n) is 4.49. The molecule has 2 N–H and O–H groups in total. The summed E-state index contributed by atoms with van der Waals surface area (Å²) < 4.78 is 0. The van der Waals surface area contributed by atoms with Gasteiger partial charge in [0, 0.05) is 30.6 Å². The zero-order chi connectivity index (χ0) is 14.4. The topological polar surface area (TPSA) is 69.6 Å². The number of carbonyl (C=O) groups is 2. The van der Waals surface area contributed by atoms with Gasteiger partial charge in [-0.1, -0.05) is 0 Å². The Morgan fingerprint density at radius 2 is 2.21 bits per heavy atom. The first kappa shape index (κ1) is 15.2. The van der Waals surface area contributed by atoms with Crippen molar-refractivity contribution in [3.05, 3.63) is 28.0 Å². The standard InChI is InChI=1S/C13H18N2O3S/c1-9(2)14-13(18)15(3)7-10-6-11(19-8-10)4-5-12(16)17/h4-6,8-9H,7H2,1-3H3,(H,14,18)(H,16,17)/b5-4+. The quantitative estimate of drug-likeness (QED) is 0.815. The first-order valence-electron chi connectivity index (χ1n) is 5.88. The average Bonchev–Trinajstić information content (AvgIpc) is 2.73. The number of hydrogen-bond acceptors (Lipinski definition) is 3. The van der Waals surface area contributed by atoms with Crippen molar-refractivity contribution in [3.8, 4) is 0 Å². The van der Waals surface area contributed by atoms with E-state index in [1.54, 1.807) is 18.0 Å². The highest BCUT2D eigenvalue weighted by Crippen LogP contribution is 2.17. The molecule has 1 aromatic heterocycles. The molecule has 0 aliphatic heterocycles. The van der Waals surface area contributed by atoms with Crippen LogP contribution in [0.3, 0.4) is 0 Å². The summed E-state index contributed by atoms with van der Waals surface area (Å²) in [4.78, 5) is 24.6. The maximum atomic E-state index is 11.7. The number of amides is 2. The molecule has 0 unspecified atom stereocenters. The van der Waals surface area contributed by atoms with Crippen LogP contribution in [0.1, 0.15) is 24.3 Å². The van der Waals surface area contributed by atoms with E-state index < -0.39 is 5.97 Å². The predicted molar refractivity (Wildman–Crippen MR) is 76.1 cm³/mol. The lowest BCUT2D eigenvalue weighted by Crippen LogP contribution is -2.40. The third-order valence-corrected chi connectivity index (χ3v) is 3.19. The van der Waals surface area contributed by atoms with Crippen LogP contribution >= 0.6 is 11.3 Å². The van der Waals surface area contributed by atoms with E-state index in [0.717, 1.165) is 16.5 Å². The summed E-state index contributed by atoms with van der Waals surface area (Å²) in [6.45, 7) is 4.31. The summed E-state index contributed by atoms with van der Waals surface area (Å²) in [5.74, 6) is -0.969. The zero-order valence-corrected chi connectivity index (χ0v) is 12.0. The van der Waals surface area contributed by atoms with Gasteiger partial charge in [0.15, 0.2) is 0 Å². The molecular weight excluding hydrogens is 264 g/mol. The maximum absolute atomic E-state index is 11.7. The molecule has 0 saturated carbocycles. The molecule has 0 aliphatic rings. The number of rotatable bonds is 5. The van der Waals surface area contributed by atoms with Gasteiger partial charge in [-0.3, -0.25) is 0 Å². The second kappa shape index (κ2) is 6.94. The Morgan fingerprint density at radius 1 is 1.53 bits per heavy atom. The minimum Gasteiger partial charge on any atom is -0.478 e. The Morgan fingerprint density at radius 3 is 2.79 bits per heavy atom. The third kappa shape index (κ3) is 5.56. The Kier molecular flexibility index (Phi) is 5.57. The van der Waals surface area contributed by atoms with E-state index in [2.05, 4.69) is 5.32 Å². The summed E-state index contributed by atoms with van der Waals surface area (Å²) in [6, 6.07) is 1.86. The van der Waals surface area contributed by atoms with Crippen molar-refractivity contribution < 1.29 is 14.7 Å². The number of nitrogens with one attached hydrogen (secondary N) is 1. The average molecular weight is 282 g/mol. The lowest BCUT2D eigenvalue weighted by Gasteiger charge is -2.19. The van der Waals surface area contributed by atoms with E-state index in [1.165, 1.54) is 11.3 Å². The molecule has 2 amide bonds. The van der Waals surface area contributed by atoms with E-state index in [-0.39, 0.29) is 12.1 Å². The summed E-state index contributed by atoms with van der Waals surface area (Å²) in [5, 5.41) is 13.3. The number of carbonyl (C=O) groups excluding carboxylic acids is 1. The first-order chi connectivity index (χ1) is 8.88. The Bertz CT molecular complexity index is 480. The molecule has 1 heterocycles. The van der Waals surface area contributed by atoms with Crippen LogP contribution in [0.2, 0.25) is 0 Å². The lowest BCUT2D eigenvalue weighted by molar-refractivity contribution is -0.131. The highest BCUT2D eigenvalue weighted by molar-refractivity contribution is 7.11. The molecule has 0 atom stereocenters. The largest absolute Gasteiger partial charge is 0.478 e. The molecule has 0 radical (unpaired) electrons. The number of urea groups is 1. The molecule has 0 aliphatic carbocycles. The molecule has 1 aromatic rings. The maximum Gasteiger partial charge on any atom is 0.328 e. The molecule has 104 valence electrons. The zero-order valence-electron chi connectivity index (χ0n) is 11.2. The van der Waals surface area contributed by atoms with E-state index in [0.29, 0.717) is 6.54 Å². The van der Waals surface area contributed by atoms with Gasteiger partial charge in [-0.2, -0.15) is 0 Å². The fraction of sp³-hybridized carbons (Fsp3) is 0.385. The normalized spacial score (nSPS) is 10.9. The number of aliphatic carboxylic acids is 1. The molecule has 6 heteroatoms. The van der Waals surface area contributed by atoms with Crippen LogP contribution in [0.4, 0.5) is 4.79 Å². The highest BCUT2D eigenvalue weighted by atomic mass is 32.1. The van der Waals surface area contributed by atoms with E-state index >= 15 is 0 Å². The van der Waals surface area contributed by atoms with Crippen molar-refractivity contribution in [2.24, 2.45) is 0 Å². The number of nitrogens with zero attached hydrogens (tertiary/aromatic N) is 1. The van der Waals surface area contributed by atoms with Crippen molar-refractivity contribution in [2.45, 2.75) is 26.4 Å². The lowest BCUT2D eigenvalue weighted by atomic mass is 10.3. The Hall–Kier alpha value is -1.82. The Labute approximate surface area is 116 Å². The minimum atomic E-state index is -0.969. The molecule has 0 spiro atoms. The Balaban J connectivity index is 2.58. The van der Waals surface area contributed by atoms with Gasteiger partial charge in [-0.25, -0.2) is 9.59 Å². The molecule has 19 heavy (non-hydrogen) atoms.